The Kier molecular flexibility index (Phi) is 6.49. The molecule has 2 amide bonds. The van der Waals surface area contributed by atoms with Gasteiger partial charge < -0.3 is 10.2 Å². The summed E-state index contributed by atoms with van der Waals surface area (Å²) in [5.41, 5.74) is 3.30. The predicted molar refractivity (Wildman–Crippen MR) is 110 cm³/mol. The van der Waals surface area contributed by atoms with Gasteiger partial charge >= 0.3 is 0 Å². The molecule has 2 unspecified atom stereocenters. The van der Waals surface area contributed by atoms with Gasteiger partial charge in [0.25, 0.3) is 0 Å². The summed E-state index contributed by atoms with van der Waals surface area (Å²) >= 11 is 0. The van der Waals surface area contributed by atoms with E-state index in [4.69, 9.17) is 0 Å². The molecule has 0 radical (unpaired) electrons. The zero-order valence-electron chi connectivity index (χ0n) is 17.0. The van der Waals surface area contributed by atoms with Crippen molar-refractivity contribution in [3.63, 3.8) is 0 Å². The van der Waals surface area contributed by atoms with E-state index >= 15 is 0 Å². The summed E-state index contributed by atoms with van der Waals surface area (Å²) in [4.78, 5) is 27.0. The highest BCUT2D eigenvalue weighted by atomic mass is 16.2. The molecule has 2 heterocycles. The standard InChI is InChI=1S/C22H30N4O2/c1-4-16(2)19-9-5-6-10-20(19)26-15-18(12-21(26)27)22(28)23-11-7-8-17-13-24-25(3)14-17/h5-6,9-10,13-14,16,18H,4,7-8,11-12,15H2,1-3H3,(H,23,28). The molecule has 2 aromatic rings. The Hall–Kier alpha value is -2.63. The fourth-order valence-corrected chi connectivity index (χ4v) is 3.74. The molecule has 3 rings (SSSR count). The van der Waals surface area contributed by atoms with Crippen LogP contribution < -0.4 is 10.2 Å². The fraction of sp³-hybridized carbons (Fsp3) is 0.500. The maximum Gasteiger partial charge on any atom is 0.227 e. The third-order valence-corrected chi connectivity index (χ3v) is 5.57. The summed E-state index contributed by atoms with van der Waals surface area (Å²) in [7, 11) is 1.90. The molecule has 0 spiro atoms. The molecule has 1 saturated heterocycles. The lowest BCUT2D eigenvalue weighted by Gasteiger charge is -2.23. The summed E-state index contributed by atoms with van der Waals surface area (Å²) in [6.07, 6.45) is 6.88. The molecule has 0 aliphatic carbocycles. The van der Waals surface area contributed by atoms with E-state index in [1.54, 1.807) is 9.58 Å². The second-order valence-electron chi connectivity index (χ2n) is 7.69. The molecule has 6 nitrogen and oxygen atoms in total. The third kappa shape index (κ3) is 4.61. The minimum atomic E-state index is -0.282. The average Bonchev–Trinajstić information content (AvgIpc) is 3.30. The summed E-state index contributed by atoms with van der Waals surface area (Å²) in [6, 6.07) is 8.05. The van der Waals surface area contributed by atoms with Crippen LogP contribution in [0.15, 0.2) is 36.7 Å². The zero-order valence-corrected chi connectivity index (χ0v) is 17.0. The van der Waals surface area contributed by atoms with Crippen molar-refractivity contribution in [1.82, 2.24) is 15.1 Å². The number of para-hydroxylation sites is 1. The van der Waals surface area contributed by atoms with Crippen LogP contribution in [0, 0.1) is 5.92 Å². The van der Waals surface area contributed by atoms with E-state index in [1.165, 1.54) is 11.1 Å². The summed E-state index contributed by atoms with van der Waals surface area (Å²) < 4.78 is 1.78. The van der Waals surface area contributed by atoms with E-state index in [0.717, 1.165) is 24.9 Å². The molecule has 1 N–H and O–H groups in total. The minimum Gasteiger partial charge on any atom is -0.356 e. The van der Waals surface area contributed by atoms with Crippen molar-refractivity contribution >= 4 is 17.5 Å². The van der Waals surface area contributed by atoms with Crippen LogP contribution in [-0.2, 0) is 23.1 Å². The van der Waals surface area contributed by atoms with Gasteiger partial charge in [-0.05, 0) is 42.4 Å². The number of carbonyl (C=O) groups is 2. The maximum absolute atomic E-state index is 12.6. The number of aryl methyl sites for hydroxylation is 2. The smallest absolute Gasteiger partial charge is 0.227 e. The van der Waals surface area contributed by atoms with Crippen LogP contribution in [0.2, 0.25) is 0 Å². The third-order valence-electron chi connectivity index (χ3n) is 5.57. The van der Waals surface area contributed by atoms with Crippen molar-refractivity contribution in [2.45, 2.75) is 45.4 Å². The van der Waals surface area contributed by atoms with E-state index in [2.05, 4.69) is 30.3 Å². The Labute approximate surface area is 166 Å². The second kappa shape index (κ2) is 9.04. The van der Waals surface area contributed by atoms with Crippen molar-refractivity contribution in [1.29, 1.82) is 0 Å². The van der Waals surface area contributed by atoms with Crippen molar-refractivity contribution in [2.75, 3.05) is 18.0 Å². The number of amides is 2. The molecule has 1 aliphatic heterocycles. The number of nitrogens with one attached hydrogen (secondary N) is 1. The van der Waals surface area contributed by atoms with Crippen molar-refractivity contribution in [2.24, 2.45) is 13.0 Å². The molecule has 28 heavy (non-hydrogen) atoms. The van der Waals surface area contributed by atoms with E-state index in [9.17, 15) is 9.59 Å². The molecule has 1 fully saturated rings. The van der Waals surface area contributed by atoms with Gasteiger partial charge in [0.05, 0.1) is 12.1 Å². The highest BCUT2D eigenvalue weighted by Crippen LogP contribution is 2.33. The minimum absolute atomic E-state index is 0.0249. The number of benzene rings is 1. The fourth-order valence-electron chi connectivity index (χ4n) is 3.74. The van der Waals surface area contributed by atoms with Crippen molar-refractivity contribution in [3.05, 3.63) is 47.8 Å². The number of carbonyl (C=O) groups excluding carboxylic acids is 2. The molecular weight excluding hydrogens is 352 g/mol. The van der Waals surface area contributed by atoms with Gasteiger partial charge in [-0.3, -0.25) is 14.3 Å². The number of hydrogen-bond acceptors (Lipinski definition) is 3. The number of hydrogen-bond donors (Lipinski definition) is 1. The normalized spacial score (nSPS) is 17.8. The summed E-state index contributed by atoms with van der Waals surface area (Å²) in [5, 5.41) is 7.15. The highest BCUT2D eigenvalue weighted by Gasteiger charge is 2.36. The zero-order chi connectivity index (χ0) is 20.1. The van der Waals surface area contributed by atoms with E-state index in [-0.39, 0.29) is 24.2 Å². The molecule has 1 aromatic heterocycles. The van der Waals surface area contributed by atoms with Crippen LogP contribution in [0.1, 0.15) is 50.2 Å². The van der Waals surface area contributed by atoms with Gasteiger partial charge in [0.15, 0.2) is 0 Å². The van der Waals surface area contributed by atoms with Crippen LogP contribution in [0.3, 0.4) is 0 Å². The van der Waals surface area contributed by atoms with Crippen molar-refractivity contribution in [3.8, 4) is 0 Å². The predicted octanol–water partition coefficient (Wildman–Crippen LogP) is 3.04. The summed E-state index contributed by atoms with van der Waals surface area (Å²) in [6.45, 7) is 5.39. The molecular formula is C22H30N4O2. The van der Waals surface area contributed by atoms with E-state index in [0.29, 0.717) is 19.0 Å². The molecule has 6 heteroatoms. The molecule has 1 aromatic carbocycles. The first-order chi connectivity index (χ1) is 13.5. The maximum atomic E-state index is 12.6. The Balaban J connectivity index is 1.54. The highest BCUT2D eigenvalue weighted by molar-refractivity contribution is 6.00. The first-order valence-corrected chi connectivity index (χ1v) is 10.1. The second-order valence-corrected chi connectivity index (χ2v) is 7.69. The molecule has 1 aliphatic rings. The average molecular weight is 383 g/mol. The SMILES string of the molecule is CCC(C)c1ccccc1N1CC(C(=O)NCCCc2cnn(C)c2)CC1=O. The van der Waals surface area contributed by atoms with E-state index in [1.807, 2.05) is 37.6 Å². The van der Waals surface area contributed by atoms with Gasteiger partial charge in [0, 0.05) is 38.4 Å². The van der Waals surface area contributed by atoms with Crippen LogP contribution in [0.25, 0.3) is 0 Å². The number of nitrogens with zero attached hydrogens (tertiary/aromatic N) is 3. The lowest BCUT2D eigenvalue weighted by Crippen LogP contribution is -2.33. The van der Waals surface area contributed by atoms with E-state index < -0.39 is 0 Å². The first-order valence-electron chi connectivity index (χ1n) is 10.1. The first kappa shape index (κ1) is 20.1. The van der Waals surface area contributed by atoms with Gasteiger partial charge in [0.2, 0.25) is 11.8 Å². The molecule has 150 valence electrons. The Morgan fingerprint density at radius 2 is 2.14 bits per heavy atom. The van der Waals surface area contributed by atoms with Gasteiger partial charge in [-0.2, -0.15) is 5.10 Å². The lowest BCUT2D eigenvalue weighted by molar-refractivity contribution is -0.126. The number of aromatic nitrogens is 2. The lowest BCUT2D eigenvalue weighted by atomic mass is 9.96. The van der Waals surface area contributed by atoms with Crippen LogP contribution in [-0.4, -0.2) is 34.7 Å². The van der Waals surface area contributed by atoms with Crippen LogP contribution in [0.4, 0.5) is 5.69 Å². The summed E-state index contributed by atoms with van der Waals surface area (Å²) in [5.74, 6) is 0.106. The Morgan fingerprint density at radius 3 is 2.86 bits per heavy atom. The monoisotopic (exact) mass is 382 g/mol. The number of anilines is 1. The molecule has 0 bridgehead atoms. The van der Waals surface area contributed by atoms with Crippen LogP contribution >= 0.6 is 0 Å². The van der Waals surface area contributed by atoms with Crippen LogP contribution in [0.5, 0.6) is 0 Å². The van der Waals surface area contributed by atoms with Crippen molar-refractivity contribution < 1.29 is 9.59 Å². The molecule has 2 atom stereocenters. The van der Waals surface area contributed by atoms with Gasteiger partial charge in [-0.25, -0.2) is 0 Å². The van der Waals surface area contributed by atoms with Gasteiger partial charge in [-0.15, -0.1) is 0 Å². The van der Waals surface area contributed by atoms with Gasteiger partial charge in [0.1, 0.15) is 0 Å². The quantitative estimate of drug-likeness (QED) is 0.714. The number of rotatable bonds is 8. The van der Waals surface area contributed by atoms with Gasteiger partial charge in [-0.1, -0.05) is 32.0 Å². The Bertz CT molecular complexity index is 829. The Morgan fingerprint density at radius 1 is 1.36 bits per heavy atom. The molecule has 0 saturated carbocycles. The topological polar surface area (TPSA) is 67.2 Å². The largest absolute Gasteiger partial charge is 0.356 e.